The molecule has 0 radical (unpaired) electrons. The van der Waals surface area contributed by atoms with E-state index in [9.17, 15) is 8.42 Å². The van der Waals surface area contributed by atoms with E-state index in [1.54, 1.807) is 18.2 Å². The molecule has 0 aliphatic rings. The summed E-state index contributed by atoms with van der Waals surface area (Å²) in [4.78, 5) is 0. The average Bonchev–Trinajstić information content (AvgIpc) is 3.04. The van der Waals surface area contributed by atoms with Crippen molar-refractivity contribution < 1.29 is 12.9 Å². The Morgan fingerprint density at radius 1 is 0.957 bits per heavy atom. The van der Waals surface area contributed by atoms with Gasteiger partial charge in [-0.05, 0) is 5.56 Å². The molecule has 6 heteroatoms. The fourth-order valence-corrected chi connectivity index (χ4v) is 3.26. The van der Waals surface area contributed by atoms with Gasteiger partial charge in [-0.15, -0.1) is 0 Å². The van der Waals surface area contributed by atoms with E-state index in [-0.39, 0.29) is 12.3 Å². The van der Waals surface area contributed by atoms with E-state index in [1.165, 1.54) is 0 Å². The first kappa shape index (κ1) is 15.5. The summed E-state index contributed by atoms with van der Waals surface area (Å²) in [6.07, 6.45) is 0. The average molecular weight is 328 g/mol. The van der Waals surface area contributed by atoms with Crippen LogP contribution in [0.2, 0.25) is 0 Å². The highest BCUT2D eigenvalue weighted by atomic mass is 32.2. The molecule has 0 saturated heterocycles. The quantitative estimate of drug-likeness (QED) is 0.755. The Hall–Kier alpha value is -2.44. The zero-order chi connectivity index (χ0) is 16.1. The summed E-state index contributed by atoms with van der Waals surface area (Å²) in [6, 6.07) is 20.3. The minimum atomic E-state index is -3.43. The Balaban J connectivity index is 1.63. The molecular weight excluding hydrogens is 312 g/mol. The highest BCUT2D eigenvalue weighted by Gasteiger charge is 2.13. The molecule has 0 spiro atoms. The second-order valence-corrected chi connectivity index (χ2v) is 6.92. The van der Waals surface area contributed by atoms with Gasteiger partial charge in [-0.25, -0.2) is 13.1 Å². The van der Waals surface area contributed by atoms with Crippen LogP contribution in [0.3, 0.4) is 0 Å². The number of nitrogens with one attached hydrogen (secondary N) is 1. The minimum absolute atomic E-state index is 0.0620. The van der Waals surface area contributed by atoms with Crippen molar-refractivity contribution in [3.8, 4) is 11.3 Å². The standard InChI is InChI=1S/C17H16N2O3S/c20-23(21,13-14-7-3-1-4-8-14)18-12-16-11-17(19-22-16)15-9-5-2-6-10-15/h1-11,18H,12-13H2. The van der Waals surface area contributed by atoms with Gasteiger partial charge >= 0.3 is 0 Å². The summed E-state index contributed by atoms with van der Waals surface area (Å²) >= 11 is 0. The fraction of sp³-hybridized carbons (Fsp3) is 0.118. The van der Waals surface area contributed by atoms with Crippen molar-refractivity contribution in [2.75, 3.05) is 0 Å². The maximum Gasteiger partial charge on any atom is 0.216 e. The summed E-state index contributed by atoms with van der Waals surface area (Å²) < 4.78 is 31.9. The molecule has 0 unspecified atom stereocenters. The van der Waals surface area contributed by atoms with Crippen LogP contribution in [0.1, 0.15) is 11.3 Å². The molecule has 2 aromatic carbocycles. The minimum Gasteiger partial charge on any atom is -0.359 e. The highest BCUT2D eigenvalue weighted by Crippen LogP contribution is 2.18. The Morgan fingerprint density at radius 2 is 1.61 bits per heavy atom. The van der Waals surface area contributed by atoms with Gasteiger partial charge in [0.1, 0.15) is 5.69 Å². The summed E-state index contributed by atoms with van der Waals surface area (Å²) in [7, 11) is -3.43. The lowest BCUT2D eigenvalue weighted by Gasteiger charge is -2.04. The van der Waals surface area contributed by atoms with Crippen molar-refractivity contribution in [1.82, 2.24) is 9.88 Å². The number of rotatable bonds is 6. The Morgan fingerprint density at radius 3 is 2.30 bits per heavy atom. The van der Waals surface area contributed by atoms with Crippen LogP contribution in [0, 0.1) is 0 Å². The number of nitrogens with zero attached hydrogens (tertiary/aromatic N) is 1. The van der Waals surface area contributed by atoms with Crippen LogP contribution in [0.4, 0.5) is 0 Å². The zero-order valence-corrected chi connectivity index (χ0v) is 13.2. The van der Waals surface area contributed by atoms with Gasteiger partial charge in [-0.3, -0.25) is 0 Å². The van der Waals surface area contributed by atoms with Gasteiger partial charge in [0.25, 0.3) is 0 Å². The van der Waals surface area contributed by atoms with E-state index in [0.29, 0.717) is 11.5 Å². The van der Waals surface area contributed by atoms with Gasteiger partial charge in [-0.1, -0.05) is 65.8 Å². The third-order valence-electron chi connectivity index (χ3n) is 3.29. The molecule has 0 saturated carbocycles. The number of hydrogen-bond donors (Lipinski definition) is 1. The molecule has 0 amide bonds. The van der Waals surface area contributed by atoms with Crippen LogP contribution >= 0.6 is 0 Å². The lowest BCUT2D eigenvalue weighted by Crippen LogP contribution is -2.24. The van der Waals surface area contributed by atoms with Gasteiger partial charge < -0.3 is 4.52 Å². The van der Waals surface area contributed by atoms with Crippen LogP contribution in [0.15, 0.2) is 71.3 Å². The Bertz CT molecular complexity index is 859. The summed E-state index contributed by atoms with van der Waals surface area (Å²) in [5.41, 5.74) is 2.35. The monoisotopic (exact) mass is 328 g/mol. The van der Waals surface area contributed by atoms with E-state index < -0.39 is 10.0 Å². The summed E-state index contributed by atoms with van der Waals surface area (Å²) in [5, 5.41) is 3.96. The molecule has 23 heavy (non-hydrogen) atoms. The Kier molecular flexibility index (Phi) is 4.55. The molecule has 0 fully saturated rings. The number of hydrogen-bond acceptors (Lipinski definition) is 4. The number of sulfonamides is 1. The highest BCUT2D eigenvalue weighted by molar-refractivity contribution is 7.88. The smallest absolute Gasteiger partial charge is 0.216 e. The van der Waals surface area contributed by atoms with E-state index in [4.69, 9.17) is 4.52 Å². The normalized spacial score (nSPS) is 11.5. The molecule has 0 aliphatic heterocycles. The molecule has 118 valence electrons. The molecule has 3 aromatic rings. The number of benzene rings is 2. The first-order chi connectivity index (χ1) is 11.1. The van der Waals surface area contributed by atoms with E-state index in [1.807, 2.05) is 48.5 Å². The molecule has 5 nitrogen and oxygen atoms in total. The van der Waals surface area contributed by atoms with Gasteiger partial charge in [0, 0.05) is 11.6 Å². The topological polar surface area (TPSA) is 72.2 Å². The van der Waals surface area contributed by atoms with Gasteiger partial charge in [0.2, 0.25) is 10.0 Å². The molecule has 3 rings (SSSR count). The largest absolute Gasteiger partial charge is 0.359 e. The van der Waals surface area contributed by atoms with Crippen molar-refractivity contribution in [3.05, 3.63) is 78.1 Å². The van der Waals surface area contributed by atoms with E-state index >= 15 is 0 Å². The van der Waals surface area contributed by atoms with Crippen molar-refractivity contribution in [3.63, 3.8) is 0 Å². The van der Waals surface area contributed by atoms with Gasteiger partial charge in [0.15, 0.2) is 5.76 Å². The summed E-state index contributed by atoms with van der Waals surface area (Å²) in [6.45, 7) is 0.0784. The second-order valence-electron chi connectivity index (χ2n) is 5.11. The summed E-state index contributed by atoms with van der Waals surface area (Å²) in [5.74, 6) is 0.411. The molecule has 0 aliphatic carbocycles. The van der Waals surface area contributed by atoms with Crippen molar-refractivity contribution in [2.24, 2.45) is 0 Å². The molecule has 1 N–H and O–H groups in total. The zero-order valence-electron chi connectivity index (χ0n) is 12.3. The number of aromatic nitrogens is 1. The van der Waals surface area contributed by atoms with E-state index in [0.717, 1.165) is 11.1 Å². The maximum absolute atomic E-state index is 12.1. The van der Waals surface area contributed by atoms with Crippen molar-refractivity contribution in [2.45, 2.75) is 12.3 Å². The third kappa shape index (κ3) is 4.28. The van der Waals surface area contributed by atoms with E-state index in [2.05, 4.69) is 9.88 Å². The van der Waals surface area contributed by atoms with Crippen molar-refractivity contribution in [1.29, 1.82) is 0 Å². The predicted molar refractivity (Wildman–Crippen MR) is 87.8 cm³/mol. The van der Waals surface area contributed by atoms with Crippen LogP contribution in [-0.2, 0) is 22.3 Å². The first-order valence-electron chi connectivity index (χ1n) is 7.15. The maximum atomic E-state index is 12.1. The lowest BCUT2D eigenvalue weighted by molar-refractivity contribution is 0.382. The predicted octanol–water partition coefficient (Wildman–Crippen LogP) is 2.96. The lowest BCUT2D eigenvalue weighted by atomic mass is 10.1. The second kappa shape index (κ2) is 6.76. The first-order valence-corrected chi connectivity index (χ1v) is 8.80. The van der Waals surface area contributed by atoms with Crippen LogP contribution in [0.5, 0.6) is 0 Å². The third-order valence-corrected chi connectivity index (χ3v) is 4.59. The SMILES string of the molecule is O=S(=O)(Cc1ccccc1)NCc1cc(-c2ccccc2)no1. The molecule has 0 bridgehead atoms. The molecular formula is C17H16N2O3S. The van der Waals surface area contributed by atoms with Crippen LogP contribution in [0.25, 0.3) is 11.3 Å². The van der Waals surface area contributed by atoms with Crippen molar-refractivity contribution >= 4 is 10.0 Å². The molecule has 0 atom stereocenters. The molecule has 1 aromatic heterocycles. The fourth-order valence-electron chi connectivity index (χ4n) is 2.17. The van der Waals surface area contributed by atoms with Crippen LogP contribution < -0.4 is 4.72 Å². The van der Waals surface area contributed by atoms with Crippen LogP contribution in [-0.4, -0.2) is 13.6 Å². The molecule has 1 heterocycles. The Labute approximate surface area is 135 Å². The van der Waals surface area contributed by atoms with Gasteiger partial charge in [0.05, 0.1) is 12.3 Å². The van der Waals surface area contributed by atoms with Gasteiger partial charge in [-0.2, -0.15) is 0 Å².